The van der Waals surface area contributed by atoms with Crippen LogP contribution in [0.1, 0.15) is 28.0 Å². The summed E-state index contributed by atoms with van der Waals surface area (Å²) in [5.74, 6) is -0.362. The van der Waals surface area contributed by atoms with Gasteiger partial charge in [-0.05, 0) is 36.2 Å². The van der Waals surface area contributed by atoms with E-state index in [9.17, 15) is 23.1 Å². The summed E-state index contributed by atoms with van der Waals surface area (Å²) in [6.07, 6.45) is -4.66. The number of hydrogen-bond acceptors (Lipinski definition) is 5. The molecule has 0 aliphatic carbocycles. The van der Waals surface area contributed by atoms with Gasteiger partial charge in [0.25, 0.3) is 5.91 Å². The molecule has 1 amide bonds. The summed E-state index contributed by atoms with van der Waals surface area (Å²) in [6.45, 7) is 0.594. The van der Waals surface area contributed by atoms with Crippen LogP contribution < -0.4 is 10.5 Å². The Labute approximate surface area is 165 Å². The number of aliphatic hydroxyl groups excluding tert-OH is 1. The van der Waals surface area contributed by atoms with Crippen LogP contribution in [0.5, 0.6) is 11.6 Å². The molecule has 158 valence electrons. The highest BCUT2D eigenvalue weighted by Crippen LogP contribution is 2.31. The average molecular weight is 414 g/mol. The average Bonchev–Trinajstić information content (AvgIpc) is 3.14. The van der Waals surface area contributed by atoms with Crippen molar-refractivity contribution in [2.75, 3.05) is 20.2 Å². The summed E-state index contributed by atoms with van der Waals surface area (Å²) in [5.41, 5.74) is 4.89. The van der Waals surface area contributed by atoms with Gasteiger partial charge in [-0.15, -0.1) is 0 Å². The molecule has 0 saturated carbocycles. The molecule has 7 nitrogen and oxygen atoms in total. The minimum Gasteiger partial charge on any atom is -0.448 e. The SMILES string of the molecule is C[OH2+].NCc1cc(Oc2cccc(C(=O)N3CCC(O)C3)c2)nc(C(F)(F)F)c1. The Balaban J connectivity index is 0.00000145. The molecular weight excluding hydrogens is 391 g/mol. The Hall–Kier alpha value is -2.69. The van der Waals surface area contributed by atoms with Gasteiger partial charge in [0, 0.05) is 31.3 Å². The van der Waals surface area contributed by atoms with Gasteiger partial charge in [-0.3, -0.25) is 4.79 Å². The number of hydrogen-bond donors (Lipinski definition) is 2. The first-order valence-corrected chi connectivity index (χ1v) is 8.80. The summed E-state index contributed by atoms with van der Waals surface area (Å²) in [4.78, 5) is 17.5. The number of aromatic nitrogens is 1. The van der Waals surface area contributed by atoms with Gasteiger partial charge >= 0.3 is 6.18 Å². The Morgan fingerprint density at radius 3 is 2.66 bits per heavy atom. The lowest BCUT2D eigenvalue weighted by atomic mass is 10.2. The lowest BCUT2D eigenvalue weighted by molar-refractivity contribution is -0.141. The number of β-amino-alcohol motifs (C(OH)–C–C–N with tert-alkyl or cyclic N) is 1. The van der Waals surface area contributed by atoms with Crippen LogP contribution in [0, 0.1) is 0 Å². The molecule has 1 aliphatic heterocycles. The smallest absolute Gasteiger partial charge is 0.433 e. The zero-order chi connectivity index (χ0) is 21.6. The van der Waals surface area contributed by atoms with E-state index in [0.29, 0.717) is 18.5 Å². The molecule has 5 N–H and O–H groups in total. The van der Waals surface area contributed by atoms with Gasteiger partial charge < -0.3 is 25.6 Å². The number of halogens is 3. The first kappa shape index (κ1) is 22.6. The van der Waals surface area contributed by atoms with E-state index in [2.05, 4.69) is 4.98 Å². The second kappa shape index (κ2) is 9.68. The van der Waals surface area contributed by atoms with Crippen molar-refractivity contribution in [3.05, 3.63) is 53.2 Å². The molecule has 29 heavy (non-hydrogen) atoms. The Morgan fingerprint density at radius 2 is 2.07 bits per heavy atom. The molecule has 1 aliphatic rings. The third-order valence-corrected chi connectivity index (χ3v) is 4.14. The summed E-state index contributed by atoms with van der Waals surface area (Å²) in [5, 5.41) is 15.3. The van der Waals surface area contributed by atoms with Gasteiger partial charge in [-0.25, -0.2) is 4.98 Å². The van der Waals surface area contributed by atoms with Gasteiger partial charge in [0.05, 0.1) is 6.10 Å². The van der Waals surface area contributed by atoms with Crippen molar-refractivity contribution >= 4 is 5.91 Å². The fraction of sp³-hybridized carbons (Fsp3) is 0.368. The third-order valence-electron chi connectivity index (χ3n) is 4.14. The van der Waals surface area contributed by atoms with Gasteiger partial charge in [0.2, 0.25) is 5.88 Å². The number of nitrogens with two attached hydrogens (primary N) is 1. The van der Waals surface area contributed by atoms with Gasteiger partial charge in [0.1, 0.15) is 18.6 Å². The standard InChI is InChI=1S/C18H18F3N3O3.CH4O/c19-18(20,21)15-6-11(9-22)7-16(23-15)27-14-3-1-2-12(8-14)17(26)24-5-4-13(25)10-24;1-2/h1-3,6-8,13,25H,4-5,9-10,22H2;2H,1H3/p+1. The fourth-order valence-electron chi connectivity index (χ4n) is 2.80. The summed E-state index contributed by atoms with van der Waals surface area (Å²) in [7, 11) is 1.25. The molecule has 1 aromatic heterocycles. The van der Waals surface area contributed by atoms with Crippen LogP contribution in [-0.2, 0) is 12.7 Å². The van der Waals surface area contributed by atoms with Crippen molar-refractivity contribution in [1.29, 1.82) is 0 Å². The number of carbonyl (C=O) groups is 1. The lowest BCUT2D eigenvalue weighted by Gasteiger charge is -2.16. The first-order chi connectivity index (χ1) is 13.8. The van der Waals surface area contributed by atoms with E-state index in [1.807, 2.05) is 0 Å². The third kappa shape index (κ3) is 5.89. The van der Waals surface area contributed by atoms with Gasteiger partial charge in [-0.2, -0.15) is 13.2 Å². The number of ether oxygens (including phenoxy) is 1. The molecule has 1 saturated heterocycles. The molecule has 1 aromatic carbocycles. The molecule has 3 rings (SSSR count). The monoisotopic (exact) mass is 414 g/mol. The van der Waals surface area contributed by atoms with E-state index in [4.69, 9.17) is 15.6 Å². The van der Waals surface area contributed by atoms with E-state index >= 15 is 0 Å². The van der Waals surface area contributed by atoms with Crippen molar-refractivity contribution in [1.82, 2.24) is 9.88 Å². The van der Waals surface area contributed by atoms with Crippen LogP contribution >= 0.6 is 0 Å². The van der Waals surface area contributed by atoms with Crippen molar-refractivity contribution in [3.63, 3.8) is 0 Å². The number of aliphatic hydroxyl groups is 1. The van der Waals surface area contributed by atoms with Crippen molar-refractivity contribution in [3.8, 4) is 11.6 Å². The highest BCUT2D eigenvalue weighted by atomic mass is 19.4. The van der Waals surface area contributed by atoms with Crippen LogP contribution in [-0.4, -0.2) is 52.3 Å². The van der Waals surface area contributed by atoms with Crippen molar-refractivity contribution in [2.45, 2.75) is 25.2 Å². The maximum absolute atomic E-state index is 13.0. The molecule has 0 radical (unpaired) electrons. The molecule has 1 unspecified atom stereocenters. The van der Waals surface area contributed by atoms with Crippen LogP contribution in [0.2, 0.25) is 0 Å². The van der Waals surface area contributed by atoms with Crippen LogP contribution in [0.15, 0.2) is 36.4 Å². The highest BCUT2D eigenvalue weighted by Gasteiger charge is 2.33. The van der Waals surface area contributed by atoms with E-state index in [-0.39, 0.29) is 36.2 Å². The zero-order valence-electron chi connectivity index (χ0n) is 15.7. The molecule has 2 aromatic rings. The molecule has 2 heterocycles. The largest absolute Gasteiger partial charge is 0.448 e. The number of alkyl halides is 3. The second-order valence-corrected chi connectivity index (χ2v) is 6.22. The van der Waals surface area contributed by atoms with Crippen LogP contribution in [0.3, 0.4) is 0 Å². The quantitative estimate of drug-likeness (QED) is 0.743. The van der Waals surface area contributed by atoms with Gasteiger partial charge in [-0.1, -0.05) is 6.07 Å². The number of benzene rings is 1. The Kier molecular flexibility index (Phi) is 7.54. The lowest BCUT2D eigenvalue weighted by Crippen LogP contribution is -2.29. The minimum atomic E-state index is -4.63. The number of nitrogens with zero attached hydrogens (tertiary/aromatic N) is 2. The fourth-order valence-corrected chi connectivity index (χ4v) is 2.80. The molecule has 1 fully saturated rings. The van der Waals surface area contributed by atoms with E-state index in [0.717, 1.165) is 6.07 Å². The number of carbonyl (C=O) groups excluding carboxylic acids is 1. The maximum Gasteiger partial charge on any atom is 0.433 e. The minimum absolute atomic E-state index is 0.0994. The van der Waals surface area contributed by atoms with Crippen molar-refractivity contribution in [2.24, 2.45) is 5.73 Å². The molecule has 10 heteroatoms. The maximum atomic E-state index is 13.0. The predicted octanol–water partition coefficient (Wildman–Crippen LogP) is 1.90. The van der Waals surface area contributed by atoms with E-state index in [1.165, 1.54) is 30.2 Å². The molecule has 1 atom stereocenters. The molecule has 0 spiro atoms. The number of amides is 1. The highest BCUT2D eigenvalue weighted by molar-refractivity contribution is 5.94. The topological polar surface area (TPSA) is 112 Å². The summed E-state index contributed by atoms with van der Waals surface area (Å²) in [6, 6.07) is 8.26. The van der Waals surface area contributed by atoms with Crippen LogP contribution in [0.25, 0.3) is 0 Å². The number of pyridine rings is 1. The normalized spacial score (nSPS) is 16.2. The van der Waals surface area contributed by atoms with Crippen LogP contribution in [0.4, 0.5) is 13.2 Å². The Morgan fingerprint density at radius 1 is 1.34 bits per heavy atom. The number of likely N-dealkylation sites (tertiary alicyclic amines) is 1. The van der Waals surface area contributed by atoms with E-state index in [1.54, 1.807) is 12.1 Å². The zero-order valence-corrected chi connectivity index (χ0v) is 15.7. The summed E-state index contributed by atoms with van der Waals surface area (Å²) >= 11 is 0. The Bertz CT molecular complexity index is 846. The van der Waals surface area contributed by atoms with Gasteiger partial charge in [0.15, 0.2) is 0 Å². The molecule has 0 bridgehead atoms. The molecular formula is C19H23F3N3O4+. The van der Waals surface area contributed by atoms with E-state index < -0.39 is 18.0 Å². The summed E-state index contributed by atoms with van der Waals surface area (Å²) < 4.78 is 44.3. The predicted molar refractivity (Wildman–Crippen MR) is 99.7 cm³/mol. The second-order valence-electron chi connectivity index (χ2n) is 6.22. The van der Waals surface area contributed by atoms with Crippen molar-refractivity contribution < 1.29 is 32.9 Å². The first-order valence-electron chi connectivity index (χ1n) is 8.80. The number of rotatable bonds is 4.